The van der Waals surface area contributed by atoms with Crippen LogP contribution in [0.3, 0.4) is 0 Å². The number of aryl methyl sites for hydroxylation is 2. The second kappa shape index (κ2) is 5.65. The zero-order chi connectivity index (χ0) is 17.4. The number of phenols is 1. The SMILES string of the molecule is Cn1c(=O)n(C)c2cc(N=Cc3cc([N+](=O)[O-])ccc3O)ccc21. The number of aromatic nitrogens is 2. The van der Waals surface area contributed by atoms with E-state index in [1.54, 1.807) is 32.3 Å². The normalized spacial score (nSPS) is 11.4. The van der Waals surface area contributed by atoms with E-state index in [0.29, 0.717) is 5.69 Å². The molecule has 0 fully saturated rings. The predicted octanol–water partition coefficient (Wildman–Crippen LogP) is 2.24. The van der Waals surface area contributed by atoms with Crippen molar-refractivity contribution in [2.45, 2.75) is 0 Å². The number of nitro groups is 1. The molecule has 0 aliphatic rings. The van der Waals surface area contributed by atoms with Crippen LogP contribution < -0.4 is 5.69 Å². The van der Waals surface area contributed by atoms with Crippen LogP contribution in [0, 0.1) is 10.1 Å². The van der Waals surface area contributed by atoms with Crippen molar-refractivity contribution in [2.75, 3.05) is 0 Å². The summed E-state index contributed by atoms with van der Waals surface area (Å²) in [4.78, 5) is 26.4. The van der Waals surface area contributed by atoms with Gasteiger partial charge in [0, 0.05) is 38.0 Å². The van der Waals surface area contributed by atoms with Crippen molar-refractivity contribution < 1.29 is 10.0 Å². The van der Waals surface area contributed by atoms with Crippen molar-refractivity contribution in [3.8, 4) is 5.75 Å². The van der Waals surface area contributed by atoms with Crippen LogP contribution in [0.15, 0.2) is 46.2 Å². The van der Waals surface area contributed by atoms with Gasteiger partial charge in [-0.25, -0.2) is 4.79 Å². The number of non-ortho nitro benzene ring substituents is 1. The molecule has 0 amide bonds. The number of hydrogen-bond donors (Lipinski definition) is 1. The van der Waals surface area contributed by atoms with E-state index < -0.39 is 4.92 Å². The summed E-state index contributed by atoms with van der Waals surface area (Å²) in [6, 6.07) is 8.96. The molecule has 8 nitrogen and oxygen atoms in total. The van der Waals surface area contributed by atoms with Crippen molar-refractivity contribution in [2.24, 2.45) is 19.1 Å². The van der Waals surface area contributed by atoms with Crippen LogP contribution in [0.1, 0.15) is 5.56 Å². The third-order valence-corrected chi connectivity index (χ3v) is 3.83. The first kappa shape index (κ1) is 15.5. The fraction of sp³-hybridized carbons (Fsp3) is 0.125. The van der Waals surface area contributed by atoms with Gasteiger partial charge in [-0.3, -0.25) is 24.2 Å². The van der Waals surface area contributed by atoms with Gasteiger partial charge in [0.2, 0.25) is 0 Å². The van der Waals surface area contributed by atoms with Crippen LogP contribution in [0.4, 0.5) is 11.4 Å². The number of benzene rings is 2. The molecular weight excluding hydrogens is 312 g/mol. The summed E-state index contributed by atoms with van der Waals surface area (Å²) in [5, 5.41) is 20.6. The highest BCUT2D eigenvalue weighted by atomic mass is 16.6. The largest absolute Gasteiger partial charge is 0.507 e. The Morgan fingerprint density at radius 2 is 1.83 bits per heavy atom. The molecule has 1 heterocycles. The fourth-order valence-electron chi connectivity index (χ4n) is 2.48. The lowest BCUT2D eigenvalue weighted by atomic mass is 10.2. The van der Waals surface area contributed by atoms with Gasteiger partial charge >= 0.3 is 5.69 Å². The predicted molar refractivity (Wildman–Crippen MR) is 90.2 cm³/mol. The standard InChI is InChI=1S/C16H14N4O4/c1-18-13-5-3-11(8-14(13)19(2)16(18)22)17-9-10-7-12(20(23)24)4-6-15(10)21/h3-9,21H,1-2H3. The van der Waals surface area contributed by atoms with Gasteiger partial charge in [0.15, 0.2) is 0 Å². The number of fused-ring (bicyclic) bond motifs is 1. The van der Waals surface area contributed by atoms with E-state index in [1.807, 2.05) is 0 Å². The van der Waals surface area contributed by atoms with E-state index >= 15 is 0 Å². The minimum absolute atomic E-state index is 0.0995. The summed E-state index contributed by atoms with van der Waals surface area (Å²) in [7, 11) is 3.36. The molecule has 2 aromatic carbocycles. The Bertz CT molecular complexity index is 1050. The molecule has 0 spiro atoms. The number of nitro benzene ring substituents is 1. The molecule has 0 unspecified atom stereocenters. The molecule has 0 atom stereocenters. The summed E-state index contributed by atoms with van der Waals surface area (Å²) < 4.78 is 3.05. The van der Waals surface area contributed by atoms with E-state index in [0.717, 1.165) is 11.0 Å². The van der Waals surface area contributed by atoms with Crippen molar-refractivity contribution in [3.05, 3.63) is 62.6 Å². The van der Waals surface area contributed by atoms with E-state index in [9.17, 15) is 20.0 Å². The van der Waals surface area contributed by atoms with Crippen LogP contribution in [-0.4, -0.2) is 25.4 Å². The molecule has 0 radical (unpaired) electrons. The number of rotatable bonds is 3. The molecule has 0 bridgehead atoms. The highest BCUT2D eigenvalue weighted by Gasteiger charge is 2.10. The molecule has 3 rings (SSSR count). The summed E-state index contributed by atoms with van der Waals surface area (Å²) in [5.41, 5.74) is 2.04. The Labute approximate surface area is 136 Å². The van der Waals surface area contributed by atoms with Crippen molar-refractivity contribution >= 4 is 28.6 Å². The fourth-order valence-corrected chi connectivity index (χ4v) is 2.48. The minimum Gasteiger partial charge on any atom is -0.507 e. The number of nitrogens with zero attached hydrogens (tertiary/aromatic N) is 4. The molecule has 3 aromatic rings. The first-order valence-corrected chi connectivity index (χ1v) is 7.05. The maximum Gasteiger partial charge on any atom is 0.328 e. The Balaban J connectivity index is 2.02. The molecule has 0 aliphatic heterocycles. The first-order valence-electron chi connectivity index (χ1n) is 7.05. The zero-order valence-corrected chi connectivity index (χ0v) is 13.0. The summed E-state index contributed by atoms with van der Waals surface area (Å²) >= 11 is 0. The highest BCUT2D eigenvalue weighted by molar-refractivity contribution is 5.87. The van der Waals surface area contributed by atoms with Gasteiger partial charge < -0.3 is 5.11 Å². The third-order valence-electron chi connectivity index (χ3n) is 3.83. The van der Waals surface area contributed by atoms with Gasteiger partial charge in [0.05, 0.1) is 21.6 Å². The molecule has 8 heteroatoms. The summed E-state index contributed by atoms with van der Waals surface area (Å²) in [5.74, 6) is -0.0995. The van der Waals surface area contributed by atoms with Crippen LogP contribution >= 0.6 is 0 Å². The van der Waals surface area contributed by atoms with Gasteiger partial charge in [-0.15, -0.1) is 0 Å². The number of hydrogen-bond acceptors (Lipinski definition) is 5. The molecule has 122 valence electrons. The highest BCUT2D eigenvalue weighted by Crippen LogP contribution is 2.23. The van der Waals surface area contributed by atoms with Crippen LogP contribution in [0.2, 0.25) is 0 Å². The maximum absolute atomic E-state index is 11.9. The van der Waals surface area contributed by atoms with E-state index in [1.165, 1.54) is 33.5 Å². The zero-order valence-electron chi connectivity index (χ0n) is 13.0. The van der Waals surface area contributed by atoms with E-state index in [-0.39, 0.29) is 22.7 Å². The lowest BCUT2D eigenvalue weighted by molar-refractivity contribution is -0.384. The number of phenolic OH excluding ortho intramolecular Hbond substituents is 1. The topological polar surface area (TPSA) is 103 Å². The van der Waals surface area contributed by atoms with Gasteiger partial charge in [-0.1, -0.05) is 0 Å². The summed E-state index contributed by atoms with van der Waals surface area (Å²) in [6.45, 7) is 0. The molecule has 0 saturated carbocycles. The monoisotopic (exact) mass is 326 g/mol. The van der Waals surface area contributed by atoms with Gasteiger partial charge in [-0.2, -0.15) is 0 Å². The van der Waals surface area contributed by atoms with Gasteiger partial charge in [0.1, 0.15) is 5.75 Å². The number of aromatic hydroxyl groups is 1. The second-order valence-corrected chi connectivity index (χ2v) is 5.33. The Hall–Kier alpha value is -3.42. The quantitative estimate of drug-likeness (QED) is 0.453. The summed E-state index contributed by atoms with van der Waals surface area (Å²) in [6.07, 6.45) is 1.35. The van der Waals surface area contributed by atoms with Gasteiger partial charge in [-0.05, 0) is 24.3 Å². The minimum atomic E-state index is -0.539. The Morgan fingerprint density at radius 1 is 1.12 bits per heavy atom. The lowest BCUT2D eigenvalue weighted by Crippen LogP contribution is -2.19. The lowest BCUT2D eigenvalue weighted by Gasteiger charge is -2.00. The first-order chi connectivity index (χ1) is 11.4. The molecule has 24 heavy (non-hydrogen) atoms. The van der Waals surface area contributed by atoms with Crippen LogP contribution in [-0.2, 0) is 14.1 Å². The van der Waals surface area contributed by atoms with Crippen molar-refractivity contribution in [1.82, 2.24) is 9.13 Å². The number of imidazole rings is 1. The van der Waals surface area contributed by atoms with E-state index in [4.69, 9.17) is 0 Å². The number of aliphatic imine (C=N–C) groups is 1. The van der Waals surface area contributed by atoms with Crippen LogP contribution in [0.25, 0.3) is 11.0 Å². The molecule has 0 saturated heterocycles. The average Bonchev–Trinajstić information content (AvgIpc) is 2.78. The Morgan fingerprint density at radius 3 is 2.54 bits per heavy atom. The Kier molecular flexibility index (Phi) is 3.64. The molecule has 1 N–H and O–H groups in total. The second-order valence-electron chi connectivity index (χ2n) is 5.33. The van der Waals surface area contributed by atoms with Crippen LogP contribution in [0.5, 0.6) is 5.75 Å². The molecular formula is C16H14N4O4. The molecule has 1 aromatic heterocycles. The third kappa shape index (κ3) is 2.54. The average molecular weight is 326 g/mol. The maximum atomic E-state index is 11.9. The van der Waals surface area contributed by atoms with Gasteiger partial charge in [0.25, 0.3) is 5.69 Å². The van der Waals surface area contributed by atoms with Crippen molar-refractivity contribution in [3.63, 3.8) is 0 Å². The van der Waals surface area contributed by atoms with E-state index in [2.05, 4.69) is 4.99 Å². The smallest absolute Gasteiger partial charge is 0.328 e. The molecule has 0 aliphatic carbocycles. The van der Waals surface area contributed by atoms with Crippen molar-refractivity contribution in [1.29, 1.82) is 0 Å².